The van der Waals surface area contributed by atoms with Crippen LogP contribution in [0.15, 0.2) is 0 Å². The highest BCUT2D eigenvalue weighted by molar-refractivity contribution is 4.48. The summed E-state index contributed by atoms with van der Waals surface area (Å²) >= 11 is 0. The van der Waals surface area contributed by atoms with Gasteiger partial charge < -0.3 is 20.5 Å². The van der Waals surface area contributed by atoms with E-state index in [0.717, 1.165) is 0 Å². The van der Waals surface area contributed by atoms with E-state index >= 15 is 0 Å². The Kier molecular flexibility index (Phi) is 3.02. The summed E-state index contributed by atoms with van der Waals surface area (Å²) in [6, 6.07) is 0. The van der Waals surface area contributed by atoms with Crippen LogP contribution in [0.3, 0.4) is 0 Å². The van der Waals surface area contributed by atoms with Crippen molar-refractivity contribution in [3.05, 3.63) is 0 Å². The second kappa shape index (κ2) is 3.09. The number of hydroxylamine groups is 2. The summed E-state index contributed by atoms with van der Waals surface area (Å²) in [6.07, 6.45) is 0. The maximum atomic E-state index is 8.55. The number of hydrogen-bond acceptors (Lipinski definition) is 5. The van der Waals surface area contributed by atoms with E-state index in [1.165, 1.54) is 0 Å². The van der Waals surface area contributed by atoms with Gasteiger partial charge in [-0.2, -0.15) is 5.06 Å². The Morgan fingerprint density at radius 2 is 1.78 bits per heavy atom. The quantitative estimate of drug-likeness (QED) is 0.276. The van der Waals surface area contributed by atoms with Crippen molar-refractivity contribution in [1.82, 2.24) is 5.06 Å². The molecule has 5 heteroatoms. The van der Waals surface area contributed by atoms with Crippen LogP contribution in [0.2, 0.25) is 0 Å². The van der Waals surface area contributed by atoms with Gasteiger partial charge in [0.1, 0.15) is 6.54 Å². The van der Waals surface area contributed by atoms with E-state index in [2.05, 4.69) is 0 Å². The van der Waals surface area contributed by atoms with Crippen LogP contribution >= 0.6 is 0 Å². The standard InChI is InChI=1S/C4H11NO4/c1-2-5(9)3-4(6,7)8/h6-9H,2-3H2,1H3. The summed E-state index contributed by atoms with van der Waals surface area (Å²) in [7, 11) is 0. The van der Waals surface area contributed by atoms with Crippen LogP contribution in [-0.4, -0.2) is 44.7 Å². The number of likely N-dealkylation sites (N-methyl/N-ethyl adjacent to an activating group) is 1. The molecule has 4 N–H and O–H groups in total. The van der Waals surface area contributed by atoms with Crippen LogP contribution in [0.1, 0.15) is 6.92 Å². The van der Waals surface area contributed by atoms with Crippen molar-refractivity contribution in [3.63, 3.8) is 0 Å². The number of aliphatic hydroxyl groups is 3. The maximum Gasteiger partial charge on any atom is 0.291 e. The first-order valence-electron chi connectivity index (χ1n) is 2.56. The van der Waals surface area contributed by atoms with Gasteiger partial charge in [-0.1, -0.05) is 6.92 Å². The molecule has 0 radical (unpaired) electrons. The van der Waals surface area contributed by atoms with E-state index in [0.29, 0.717) is 5.06 Å². The lowest BCUT2D eigenvalue weighted by Crippen LogP contribution is -2.41. The lowest BCUT2D eigenvalue weighted by molar-refractivity contribution is -0.337. The third-order valence-corrected chi connectivity index (χ3v) is 0.760. The van der Waals surface area contributed by atoms with Crippen molar-refractivity contribution in [2.75, 3.05) is 13.1 Å². The Labute approximate surface area is 52.7 Å². The summed E-state index contributed by atoms with van der Waals surface area (Å²) in [4.78, 5) is 0. The van der Waals surface area contributed by atoms with Gasteiger partial charge in [-0.25, -0.2) is 0 Å². The van der Waals surface area contributed by atoms with Crippen LogP contribution in [0.4, 0.5) is 0 Å². The molecule has 0 fully saturated rings. The summed E-state index contributed by atoms with van der Waals surface area (Å²) < 4.78 is 0. The van der Waals surface area contributed by atoms with Crippen LogP contribution in [-0.2, 0) is 0 Å². The van der Waals surface area contributed by atoms with Crippen LogP contribution in [0, 0.1) is 0 Å². The molecule has 0 aliphatic carbocycles. The van der Waals surface area contributed by atoms with E-state index < -0.39 is 12.5 Å². The molecular formula is C4H11NO4. The Hall–Kier alpha value is -0.200. The Morgan fingerprint density at radius 1 is 1.33 bits per heavy atom. The fraction of sp³-hybridized carbons (Fsp3) is 1.00. The van der Waals surface area contributed by atoms with E-state index in [-0.39, 0.29) is 6.54 Å². The third kappa shape index (κ3) is 5.67. The molecule has 0 saturated carbocycles. The second-order valence-electron chi connectivity index (χ2n) is 1.76. The smallest absolute Gasteiger partial charge is 0.291 e. The van der Waals surface area contributed by atoms with E-state index in [1.807, 2.05) is 0 Å². The summed E-state index contributed by atoms with van der Waals surface area (Å²) in [5.74, 6) is -2.80. The molecule has 0 saturated heterocycles. The van der Waals surface area contributed by atoms with Crippen LogP contribution in [0.25, 0.3) is 0 Å². The first kappa shape index (κ1) is 8.80. The largest absolute Gasteiger partial charge is 0.343 e. The van der Waals surface area contributed by atoms with Gasteiger partial charge in [-0.15, -0.1) is 0 Å². The molecule has 0 aliphatic heterocycles. The van der Waals surface area contributed by atoms with E-state index in [1.54, 1.807) is 6.92 Å². The molecular weight excluding hydrogens is 126 g/mol. The molecule has 0 spiro atoms. The predicted octanol–water partition coefficient (Wildman–Crippen LogP) is -1.67. The Morgan fingerprint density at radius 3 is 1.89 bits per heavy atom. The van der Waals surface area contributed by atoms with Gasteiger partial charge in [0.05, 0.1) is 0 Å². The minimum absolute atomic E-state index is 0.226. The molecule has 0 aromatic carbocycles. The Balaban J connectivity index is 3.47. The molecule has 0 amide bonds. The lowest BCUT2D eigenvalue weighted by atomic mass is 10.5. The van der Waals surface area contributed by atoms with Gasteiger partial charge in [0.25, 0.3) is 5.97 Å². The molecule has 0 rings (SSSR count). The fourth-order valence-electron chi connectivity index (χ4n) is 0.357. The maximum absolute atomic E-state index is 8.55. The zero-order valence-corrected chi connectivity index (χ0v) is 5.15. The fourth-order valence-corrected chi connectivity index (χ4v) is 0.357. The minimum atomic E-state index is -2.80. The third-order valence-electron chi connectivity index (χ3n) is 0.760. The molecule has 0 heterocycles. The highest BCUT2D eigenvalue weighted by atomic mass is 16.7. The van der Waals surface area contributed by atoms with Crippen LogP contribution < -0.4 is 0 Å². The van der Waals surface area contributed by atoms with Gasteiger partial charge >= 0.3 is 0 Å². The molecule has 56 valence electrons. The zero-order chi connectivity index (χ0) is 7.49. The van der Waals surface area contributed by atoms with Crippen molar-refractivity contribution in [3.8, 4) is 0 Å². The Bertz CT molecular complexity index is 79.1. The van der Waals surface area contributed by atoms with Gasteiger partial charge in [0.15, 0.2) is 0 Å². The summed E-state index contributed by atoms with van der Waals surface area (Å²) in [5.41, 5.74) is 0. The van der Waals surface area contributed by atoms with E-state index in [4.69, 9.17) is 20.5 Å². The average molecular weight is 137 g/mol. The highest BCUT2D eigenvalue weighted by Gasteiger charge is 2.20. The average Bonchev–Trinajstić information content (AvgIpc) is 1.62. The molecule has 5 nitrogen and oxygen atoms in total. The van der Waals surface area contributed by atoms with Gasteiger partial charge in [0, 0.05) is 6.54 Å². The molecule has 0 bridgehead atoms. The number of rotatable bonds is 3. The first-order chi connectivity index (χ1) is 3.95. The molecule has 0 aliphatic rings. The van der Waals surface area contributed by atoms with Gasteiger partial charge in [-0.3, -0.25) is 0 Å². The summed E-state index contributed by atoms with van der Waals surface area (Å²) in [5, 5.41) is 33.8. The SMILES string of the molecule is CCN(O)CC(O)(O)O. The number of nitrogens with zero attached hydrogens (tertiary/aromatic N) is 1. The minimum Gasteiger partial charge on any atom is -0.343 e. The van der Waals surface area contributed by atoms with Crippen molar-refractivity contribution in [2.24, 2.45) is 0 Å². The first-order valence-corrected chi connectivity index (χ1v) is 2.56. The zero-order valence-electron chi connectivity index (χ0n) is 5.15. The van der Waals surface area contributed by atoms with Gasteiger partial charge in [-0.05, 0) is 0 Å². The predicted molar refractivity (Wildman–Crippen MR) is 28.4 cm³/mol. The van der Waals surface area contributed by atoms with Crippen molar-refractivity contribution in [2.45, 2.75) is 12.9 Å². The molecule has 0 aromatic rings. The molecule has 0 atom stereocenters. The second-order valence-corrected chi connectivity index (χ2v) is 1.76. The van der Waals surface area contributed by atoms with E-state index in [9.17, 15) is 0 Å². The topological polar surface area (TPSA) is 84.2 Å². The van der Waals surface area contributed by atoms with Crippen LogP contribution in [0.5, 0.6) is 0 Å². The van der Waals surface area contributed by atoms with Crippen molar-refractivity contribution >= 4 is 0 Å². The molecule has 9 heavy (non-hydrogen) atoms. The normalized spacial score (nSPS) is 12.7. The molecule has 0 unspecified atom stereocenters. The monoisotopic (exact) mass is 137 g/mol. The lowest BCUT2D eigenvalue weighted by Gasteiger charge is -2.19. The van der Waals surface area contributed by atoms with Crippen molar-refractivity contribution in [1.29, 1.82) is 0 Å². The van der Waals surface area contributed by atoms with Crippen molar-refractivity contribution < 1.29 is 20.5 Å². The molecule has 0 aromatic heterocycles. The summed E-state index contributed by atoms with van der Waals surface area (Å²) in [6.45, 7) is 1.23. The highest BCUT2D eigenvalue weighted by Crippen LogP contribution is 1.94. The van der Waals surface area contributed by atoms with Gasteiger partial charge in [0.2, 0.25) is 0 Å². The number of hydrogen-bond donors (Lipinski definition) is 4.